The number of allylic oxidation sites excluding steroid dienone is 6. The van der Waals surface area contributed by atoms with E-state index in [1.54, 1.807) is 0 Å². The van der Waals surface area contributed by atoms with E-state index in [1.807, 2.05) is 56.9 Å². The molecule has 454 valence electrons. The van der Waals surface area contributed by atoms with E-state index in [1.165, 1.54) is 50.5 Å². The summed E-state index contributed by atoms with van der Waals surface area (Å²) in [6.45, 7) is 42.2. The van der Waals surface area contributed by atoms with Gasteiger partial charge in [0.05, 0.1) is 24.4 Å². The molecular weight excluding hydrogens is 1220 g/mol. The van der Waals surface area contributed by atoms with Gasteiger partial charge in [0.15, 0.2) is 0 Å². The quantitative estimate of drug-likeness (QED) is 0.0249. The summed E-state index contributed by atoms with van der Waals surface area (Å²) in [5.41, 5.74) is 2.00. The first-order chi connectivity index (χ1) is 37.5. The van der Waals surface area contributed by atoms with Crippen molar-refractivity contribution in [3.8, 4) is 0 Å². The highest BCUT2D eigenvalue weighted by atomic mass is 127. The van der Waals surface area contributed by atoms with Crippen molar-refractivity contribution in [1.82, 2.24) is 0 Å². The first-order valence-corrected chi connectivity index (χ1v) is 32.1. The van der Waals surface area contributed by atoms with Gasteiger partial charge in [-0.2, -0.15) is 0 Å². The van der Waals surface area contributed by atoms with E-state index < -0.39 is 0 Å². The number of hydrogen-bond donors (Lipinski definition) is 0. The predicted octanol–water partition coefficient (Wildman–Crippen LogP) is 17.4. The van der Waals surface area contributed by atoms with Gasteiger partial charge in [0.1, 0.15) is 25.0 Å². The van der Waals surface area contributed by atoms with Gasteiger partial charge in [-0.1, -0.05) is 195 Å². The van der Waals surface area contributed by atoms with Crippen LogP contribution in [0.1, 0.15) is 203 Å². The molecule has 10 nitrogen and oxygen atoms in total. The largest absolute Gasteiger partial charge is 0.458 e. The summed E-state index contributed by atoms with van der Waals surface area (Å²) in [6.07, 6.45) is 29.6. The third-order valence-corrected chi connectivity index (χ3v) is 17.2. The smallest absolute Gasteiger partial charge is 0.306 e. The van der Waals surface area contributed by atoms with Crippen LogP contribution in [0.5, 0.6) is 0 Å². The minimum absolute atomic E-state index is 0.00286. The minimum Gasteiger partial charge on any atom is -0.458 e. The molecule has 4 aliphatic rings. The van der Waals surface area contributed by atoms with Crippen LogP contribution in [-0.4, -0.2) is 78.2 Å². The molecule has 0 aromatic carbocycles. The highest BCUT2D eigenvalue weighted by Crippen LogP contribution is 2.43. The molecule has 2 saturated heterocycles. The Morgan fingerprint density at radius 1 is 0.620 bits per heavy atom. The van der Waals surface area contributed by atoms with E-state index in [-0.39, 0.29) is 94.6 Å². The molecule has 0 aromatic rings. The maximum atomic E-state index is 12.8. The SMILES string of the molecule is CCC(C)C(C)C1OC1CC(C)(C)/C=C/C=C(\C)C1OC(=O)CC(C)CCC(C)C(OC(C)=O)/C=C/C1C.CCC(C)C(C)C1OC1CC(C)(C)/C=C/C=C(\C)C1OC(=O)CC(C)CCC(C)C(OC(C)=O)/C=C/C1C.CI.[2H]I. The van der Waals surface area contributed by atoms with Crippen molar-refractivity contribution in [2.45, 2.75) is 252 Å². The molecule has 0 amide bonds. The number of esters is 4. The number of epoxide rings is 2. The number of hydrogen-bond acceptors (Lipinski definition) is 10. The molecule has 18 atom stereocenters. The number of rotatable bonds is 18. The van der Waals surface area contributed by atoms with Crippen LogP contribution in [0.4, 0.5) is 0 Å². The van der Waals surface area contributed by atoms with Crippen molar-refractivity contribution in [3.63, 3.8) is 0 Å². The Balaban J connectivity index is 0.000000753. The van der Waals surface area contributed by atoms with Gasteiger partial charge in [0.25, 0.3) is 0 Å². The van der Waals surface area contributed by atoms with Gasteiger partial charge in [-0.3, -0.25) is 19.2 Å². The van der Waals surface area contributed by atoms with Gasteiger partial charge in [0.2, 0.25) is 0 Å². The zero-order valence-corrected chi connectivity index (χ0v) is 57.4. The molecule has 0 aliphatic carbocycles. The van der Waals surface area contributed by atoms with Crippen molar-refractivity contribution in [2.24, 2.45) is 70.0 Å². The molecule has 0 aromatic heterocycles. The lowest BCUT2D eigenvalue weighted by Crippen LogP contribution is -2.28. The molecular formula is C67H112I2O10. The fraction of sp³-hybridized carbons (Fsp3) is 0.761. The fourth-order valence-electron chi connectivity index (χ4n) is 10.9. The van der Waals surface area contributed by atoms with Crippen LogP contribution in [0.2, 0.25) is 0 Å². The highest BCUT2D eigenvalue weighted by molar-refractivity contribution is 14.1. The molecule has 0 N–H and O–H groups in total. The Hall–Kier alpha value is -2.30. The van der Waals surface area contributed by atoms with E-state index >= 15 is 0 Å². The lowest BCUT2D eigenvalue weighted by Gasteiger charge is -2.27. The molecule has 4 heterocycles. The molecule has 18 unspecified atom stereocenters. The maximum Gasteiger partial charge on any atom is 0.306 e. The van der Waals surface area contributed by atoms with Gasteiger partial charge in [-0.25, -0.2) is 0 Å². The molecule has 0 radical (unpaired) electrons. The monoisotopic (exact) mass is 1330 g/mol. The van der Waals surface area contributed by atoms with Crippen molar-refractivity contribution in [2.75, 3.05) is 4.93 Å². The van der Waals surface area contributed by atoms with Crippen molar-refractivity contribution >= 4 is 70.2 Å². The molecule has 0 saturated carbocycles. The molecule has 4 aliphatic heterocycles. The summed E-state index contributed by atoms with van der Waals surface area (Å²) in [7, 11) is 0. The summed E-state index contributed by atoms with van der Waals surface area (Å²) >= 11 is 3.55. The lowest BCUT2D eigenvalue weighted by molar-refractivity contribution is -0.151. The van der Waals surface area contributed by atoms with Crippen molar-refractivity contribution in [3.05, 3.63) is 71.9 Å². The molecule has 12 heteroatoms. The van der Waals surface area contributed by atoms with E-state index in [0.29, 0.717) is 60.9 Å². The van der Waals surface area contributed by atoms with Crippen molar-refractivity contribution in [1.29, 1.82) is 0.594 Å². The number of ether oxygens (including phenoxy) is 6. The first kappa shape index (κ1) is 72.8. The van der Waals surface area contributed by atoms with E-state index in [2.05, 4.69) is 156 Å². The molecule has 0 bridgehead atoms. The summed E-state index contributed by atoms with van der Waals surface area (Å²) in [5, 5.41) is 0. The summed E-state index contributed by atoms with van der Waals surface area (Å²) in [4.78, 5) is 51.0. The summed E-state index contributed by atoms with van der Waals surface area (Å²) < 4.78 is 41.1. The first-order valence-electron chi connectivity index (χ1n) is 30.4. The lowest BCUT2D eigenvalue weighted by atomic mass is 9.83. The van der Waals surface area contributed by atoms with Gasteiger partial charge in [0, 0.05) is 38.5 Å². The van der Waals surface area contributed by atoms with Crippen LogP contribution in [0, 0.1) is 70.0 Å². The van der Waals surface area contributed by atoms with Crippen molar-refractivity contribution < 1.29 is 47.6 Å². The number of carbonyl (C=O) groups excluding carboxylic acids is 4. The Labute approximate surface area is 513 Å². The van der Waals surface area contributed by atoms with Crippen LogP contribution >= 0.6 is 46.4 Å². The molecule has 0 spiro atoms. The van der Waals surface area contributed by atoms with Gasteiger partial charge in [-0.05, 0) is 139 Å². The van der Waals surface area contributed by atoms with Gasteiger partial charge in [-0.15, -0.1) is 23.8 Å². The average molecular weight is 1330 g/mol. The van der Waals surface area contributed by atoms with Crippen LogP contribution in [0.3, 0.4) is 0 Å². The summed E-state index contributed by atoms with van der Waals surface area (Å²) in [5.74, 6) is 2.34. The second-order valence-electron chi connectivity index (χ2n) is 25.9. The Morgan fingerprint density at radius 2 is 0.949 bits per heavy atom. The van der Waals surface area contributed by atoms with Gasteiger partial charge >= 0.3 is 23.9 Å². The average Bonchev–Trinajstić information content (AvgIpc) is 4.34. The van der Waals surface area contributed by atoms with E-state index in [4.69, 9.17) is 29.0 Å². The Morgan fingerprint density at radius 3 is 1.25 bits per heavy atom. The molecule has 2 fully saturated rings. The Bertz CT molecular complexity index is 1900. The number of alkyl halides is 1. The minimum atomic E-state index is -0.376. The van der Waals surface area contributed by atoms with E-state index in [9.17, 15) is 19.2 Å². The topological polar surface area (TPSA) is 130 Å². The molecule has 4 rings (SSSR count). The molecule has 79 heavy (non-hydrogen) atoms. The predicted molar refractivity (Wildman–Crippen MR) is 344 cm³/mol. The third kappa shape index (κ3) is 27.8. The zero-order chi connectivity index (χ0) is 61.2. The second-order valence-corrected chi connectivity index (χ2v) is 25.9. The fourth-order valence-corrected chi connectivity index (χ4v) is 10.9. The van der Waals surface area contributed by atoms with Crippen LogP contribution in [0.15, 0.2) is 71.9 Å². The van der Waals surface area contributed by atoms with Crippen LogP contribution in [0.25, 0.3) is 0 Å². The normalized spacial score (nSPS) is 32.9. The summed E-state index contributed by atoms with van der Waals surface area (Å²) in [6, 6.07) is 0. The number of carbonyl (C=O) groups is 4. The van der Waals surface area contributed by atoms with Crippen LogP contribution < -0.4 is 0 Å². The van der Waals surface area contributed by atoms with E-state index in [0.717, 1.165) is 49.7 Å². The number of halogens is 2. The van der Waals surface area contributed by atoms with Gasteiger partial charge < -0.3 is 28.4 Å². The second kappa shape index (κ2) is 36.4. The highest BCUT2D eigenvalue weighted by Gasteiger charge is 2.47. The maximum absolute atomic E-state index is 12.8. The third-order valence-electron chi connectivity index (χ3n) is 17.2. The number of cyclic esters (lactones) is 2. The zero-order valence-electron chi connectivity index (χ0n) is 54.1. The Kier molecular flexibility index (Phi) is 33.6. The standard InChI is InChI=1S/2C33H54O5.CH3I.HI/c2*1-11-22(3)26(7)32-29(37-32)20-33(9,10)18-12-13-24(5)31-25(6)16-17-28(36-27(8)34)23(4)15-14-21(2)19-30(35)38-31;1-2;/h2*12-13,16-18,21-23,25-26,28-29,31-32H,11,14-15,19-20H2,1-10H3;1H3;1H/b2*17-16+,18-12+,24-13+;;/i/hD. The van der Waals surface area contributed by atoms with Crippen LogP contribution in [-0.2, 0) is 47.6 Å².